The Bertz CT molecular complexity index is 1250. The Balaban J connectivity index is 1.57. The third-order valence-corrected chi connectivity index (χ3v) is 6.12. The number of anilines is 1. The van der Waals surface area contributed by atoms with E-state index in [1.165, 1.54) is 13.0 Å². The number of rotatable bonds is 5. The molecule has 0 fully saturated rings. The molecule has 4 rings (SSSR count). The van der Waals surface area contributed by atoms with Crippen molar-refractivity contribution in [3.63, 3.8) is 0 Å². The molecule has 1 aliphatic carbocycles. The Morgan fingerprint density at radius 1 is 1.15 bits per heavy atom. The van der Waals surface area contributed by atoms with Gasteiger partial charge in [0.15, 0.2) is 23.2 Å². The molecule has 0 saturated heterocycles. The number of benzene rings is 2. The number of allylic oxidation sites excluding steroid dienone is 2. The van der Waals surface area contributed by atoms with Crippen LogP contribution in [0.2, 0.25) is 0 Å². The number of benzodiazepines with no additional fused rings is 1. The molecule has 0 aromatic heterocycles. The average molecular weight is 463 g/mol. The van der Waals surface area contributed by atoms with E-state index in [-0.39, 0.29) is 17.9 Å². The van der Waals surface area contributed by atoms with E-state index in [4.69, 9.17) is 0 Å². The summed E-state index contributed by atoms with van der Waals surface area (Å²) in [5.74, 6) is -4.76. The van der Waals surface area contributed by atoms with Gasteiger partial charge in [-0.25, -0.2) is 8.78 Å². The van der Waals surface area contributed by atoms with Gasteiger partial charge in [0.05, 0.1) is 12.5 Å². The zero-order valence-corrected chi connectivity index (χ0v) is 18.7. The molecule has 2 aromatic rings. The highest BCUT2D eigenvalue weighted by molar-refractivity contribution is 6.10. The normalized spacial score (nSPS) is 22.2. The molecule has 1 N–H and O–H groups in total. The molecule has 0 spiro atoms. The molecular formula is C26H23F2N3O3. The minimum Gasteiger partial charge on any atom is -0.351 e. The van der Waals surface area contributed by atoms with E-state index in [0.717, 1.165) is 29.4 Å². The summed E-state index contributed by atoms with van der Waals surface area (Å²) >= 11 is 0. The molecule has 2 aliphatic rings. The number of amides is 1. The van der Waals surface area contributed by atoms with Gasteiger partial charge in [0.25, 0.3) is 0 Å². The van der Waals surface area contributed by atoms with Gasteiger partial charge in [-0.05, 0) is 44.2 Å². The first-order chi connectivity index (χ1) is 16.2. The molecule has 6 nitrogen and oxygen atoms in total. The molecule has 1 amide bonds. The number of halogens is 2. The van der Waals surface area contributed by atoms with Crippen molar-refractivity contribution in [3.8, 4) is 0 Å². The first-order valence-corrected chi connectivity index (χ1v) is 10.8. The molecule has 1 heterocycles. The molecule has 0 radical (unpaired) electrons. The highest BCUT2D eigenvalue weighted by atomic mass is 19.2. The van der Waals surface area contributed by atoms with Crippen molar-refractivity contribution < 1.29 is 23.2 Å². The van der Waals surface area contributed by atoms with Gasteiger partial charge in [-0.1, -0.05) is 36.4 Å². The molecule has 1 aliphatic heterocycles. The smallest absolute Gasteiger partial charge is 0.232 e. The minimum atomic E-state index is -1.16. The molecule has 0 bridgehead atoms. The van der Waals surface area contributed by atoms with Crippen LogP contribution in [-0.4, -0.2) is 41.9 Å². The number of nitrogens with one attached hydrogen (secondary N) is 1. The van der Waals surface area contributed by atoms with E-state index in [2.05, 4.69) is 10.3 Å². The summed E-state index contributed by atoms with van der Waals surface area (Å²) in [6, 6.07) is 10.2. The molecule has 8 heteroatoms. The van der Waals surface area contributed by atoms with Gasteiger partial charge in [-0.15, -0.1) is 0 Å². The molecule has 0 saturated carbocycles. The second-order valence-corrected chi connectivity index (χ2v) is 8.42. The van der Waals surface area contributed by atoms with Crippen LogP contribution in [0.15, 0.2) is 71.8 Å². The van der Waals surface area contributed by atoms with Crippen molar-refractivity contribution in [3.05, 3.63) is 89.5 Å². The van der Waals surface area contributed by atoms with Gasteiger partial charge in [0, 0.05) is 23.0 Å². The lowest BCUT2D eigenvalue weighted by molar-refractivity contribution is -0.123. The first-order valence-electron chi connectivity index (χ1n) is 10.8. The van der Waals surface area contributed by atoms with Crippen molar-refractivity contribution in [2.75, 3.05) is 11.4 Å². The van der Waals surface area contributed by atoms with E-state index >= 15 is 0 Å². The van der Waals surface area contributed by atoms with Crippen LogP contribution < -0.4 is 10.2 Å². The Morgan fingerprint density at radius 2 is 1.91 bits per heavy atom. The monoisotopic (exact) mass is 463 g/mol. The first kappa shape index (κ1) is 23.2. The molecule has 2 aromatic carbocycles. The quantitative estimate of drug-likeness (QED) is 0.543. The van der Waals surface area contributed by atoms with Crippen LogP contribution >= 0.6 is 0 Å². The van der Waals surface area contributed by atoms with Gasteiger partial charge in [-0.2, -0.15) is 0 Å². The standard InChI is InChI=1S/C26H23F2N3O3/c1-16(24(33)17-10-11-19(27)20(28)13-17)25(34)30-23-15-31(26(2)12-6-5-9-22(26)32)21-8-4-3-7-18(21)14-29-23/h3-14,16,23H,15H2,1-2H3,(H,30,34)/t16?,23-,26?/m1/s1. The van der Waals surface area contributed by atoms with Gasteiger partial charge in [-0.3, -0.25) is 19.4 Å². The van der Waals surface area contributed by atoms with Gasteiger partial charge >= 0.3 is 0 Å². The van der Waals surface area contributed by atoms with E-state index in [0.29, 0.717) is 0 Å². The maximum absolute atomic E-state index is 13.5. The SMILES string of the molecule is CC(C(=O)N[C@@H]1CN(C2(C)C=CC=CC2=O)c2ccccc2C=N1)C(=O)c1ccc(F)c(F)c1. The van der Waals surface area contributed by atoms with Crippen molar-refractivity contribution in [2.24, 2.45) is 10.9 Å². The number of carbonyl (C=O) groups excluding carboxylic acids is 3. The van der Waals surface area contributed by atoms with Gasteiger partial charge in [0.1, 0.15) is 11.7 Å². The summed E-state index contributed by atoms with van der Waals surface area (Å²) in [5, 5.41) is 2.75. The van der Waals surface area contributed by atoms with Crippen LogP contribution in [0.25, 0.3) is 0 Å². The number of hydrogen-bond donors (Lipinski definition) is 1. The maximum atomic E-state index is 13.5. The van der Waals surface area contributed by atoms with Crippen LogP contribution in [0.5, 0.6) is 0 Å². The predicted octanol–water partition coefficient (Wildman–Crippen LogP) is 3.62. The summed E-state index contributed by atoms with van der Waals surface area (Å²) in [7, 11) is 0. The summed E-state index contributed by atoms with van der Waals surface area (Å²) in [5.41, 5.74) is 0.471. The lowest BCUT2D eigenvalue weighted by Crippen LogP contribution is -2.56. The lowest BCUT2D eigenvalue weighted by Gasteiger charge is -2.41. The Labute approximate surface area is 195 Å². The number of fused-ring (bicyclic) bond motifs is 1. The fourth-order valence-corrected chi connectivity index (χ4v) is 4.02. The second kappa shape index (κ2) is 9.13. The fraction of sp³-hybridized carbons (Fsp3) is 0.231. The maximum Gasteiger partial charge on any atom is 0.232 e. The average Bonchev–Trinajstić information content (AvgIpc) is 3.02. The molecule has 34 heavy (non-hydrogen) atoms. The van der Waals surface area contributed by atoms with Crippen molar-refractivity contribution in [2.45, 2.75) is 25.6 Å². The number of aliphatic imine (C=N–C) groups is 1. The zero-order chi connectivity index (χ0) is 24.5. The van der Waals surface area contributed by atoms with Crippen LogP contribution in [0.3, 0.4) is 0 Å². The highest BCUT2D eigenvalue weighted by Crippen LogP contribution is 2.32. The van der Waals surface area contributed by atoms with Crippen LogP contribution in [0, 0.1) is 17.6 Å². The van der Waals surface area contributed by atoms with Crippen LogP contribution in [-0.2, 0) is 9.59 Å². The number of para-hydroxylation sites is 1. The van der Waals surface area contributed by atoms with Crippen LogP contribution in [0.1, 0.15) is 29.8 Å². The van der Waals surface area contributed by atoms with E-state index < -0.39 is 40.9 Å². The van der Waals surface area contributed by atoms with Gasteiger partial charge < -0.3 is 10.2 Å². The third kappa shape index (κ3) is 4.31. The summed E-state index contributed by atoms with van der Waals surface area (Å²) in [6.07, 6.45) is 7.64. The van der Waals surface area contributed by atoms with Gasteiger partial charge in [0.2, 0.25) is 5.91 Å². The van der Waals surface area contributed by atoms with E-state index in [1.807, 2.05) is 29.2 Å². The van der Waals surface area contributed by atoms with E-state index in [1.54, 1.807) is 31.4 Å². The lowest BCUT2D eigenvalue weighted by atomic mass is 9.88. The Morgan fingerprint density at radius 3 is 2.65 bits per heavy atom. The third-order valence-electron chi connectivity index (χ3n) is 6.12. The molecule has 3 atom stereocenters. The largest absolute Gasteiger partial charge is 0.351 e. The number of nitrogens with zero attached hydrogens (tertiary/aromatic N) is 2. The molecule has 174 valence electrons. The Kier molecular flexibility index (Phi) is 6.24. The molecule has 2 unspecified atom stereocenters. The fourth-order valence-electron chi connectivity index (χ4n) is 4.02. The summed E-state index contributed by atoms with van der Waals surface area (Å²) in [6.45, 7) is 3.36. The minimum absolute atomic E-state index is 0.0998. The topological polar surface area (TPSA) is 78.8 Å². The van der Waals surface area contributed by atoms with Crippen molar-refractivity contribution >= 4 is 29.4 Å². The van der Waals surface area contributed by atoms with E-state index in [9.17, 15) is 23.2 Å². The number of carbonyl (C=O) groups is 3. The highest BCUT2D eigenvalue weighted by Gasteiger charge is 2.40. The van der Waals surface area contributed by atoms with Crippen molar-refractivity contribution in [1.82, 2.24) is 5.32 Å². The zero-order valence-electron chi connectivity index (χ0n) is 18.7. The summed E-state index contributed by atoms with van der Waals surface area (Å²) < 4.78 is 26.8. The predicted molar refractivity (Wildman–Crippen MR) is 125 cm³/mol. The molecular weight excluding hydrogens is 440 g/mol. The second-order valence-electron chi connectivity index (χ2n) is 8.42. The number of ketones is 2. The number of Topliss-reactive ketones (excluding diaryl/α,β-unsaturated/α-hetero) is 1. The number of hydrogen-bond acceptors (Lipinski definition) is 5. The summed E-state index contributed by atoms with van der Waals surface area (Å²) in [4.78, 5) is 44.8. The Hall–Kier alpha value is -3.94. The van der Waals surface area contributed by atoms with Crippen LogP contribution in [0.4, 0.5) is 14.5 Å². The van der Waals surface area contributed by atoms with Crippen molar-refractivity contribution in [1.29, 1.82) is 0 Å².